The van der Waals surface area contributed by atoms with E-state index in [4.69, 9.17) is 9.72 Å². The number of aryl methyl sites for hydroxylation is 2. The van der Waals surface area contributed by atoms with Crippen molar-refractivity contribution in [1.29, 1.82) is 0 Å². The standard InChI is InChI=1S/C32H46N8O4/c1-20(2)40-28-26(19-34-40)24(29(41)33-18-25-21(3)16-22(4)35-30(25)42)17-27(36-28)38-10-8-23(9-11-38)37-12-14-39(15-13-37)31(43)44-32(5,6)7/h16-17,19-20,23H,8-15,18H2,1-7H3,(H,33,41)(H,35,42). The molecule has 0 aliphatic carbocycles. The van der Waals surface area contributed by atoms with E-state index in [0.29, 0.717) is 41.3 Å². The van der Waals surface area contributed by atoms with Crippen molar-refractivity contribution in [2.75, 3.05) is 44.2 Å². The molecule has 44 heavy (non-hydrogen) atoms. The molecule has 0 bridgehead atoms. The molecule has 5 heterocycles. The van der Waals surface area contributed by atoms with Gasteiger partial charge in [-0.3, -0.25) is 14.5 Å². The van der Waals surface area contributed by atoms with Crippen LogP contribution in [-0.2, 0) is 11.3 Å². The number of anilines is 1. The predicted octanol–water partition coefficient (Wildman–Crippen LogP) is 3.77. The average Bonchev–Trinajstić information content (AvgIpc) is 3.40. The Balaban J connectivity index is 1.28. The SMILES string of the molecule is Cc1cc(C)c(CNC(=O)c2cc(N3CCC(N4CCN(C(=O)OC(C)(C)C)CC4)CC3)nc3c2cnn3C(C)C)c(=O)[nH]1. The summed E-state index contributed by atoms with van der Waals surface area (Å²) in [4.78, 5) is 53.0. The molecule has 0 aromatic carbocycles. The number of rotatable bonds is 6. The second-order valence-corrected chi connectivity index (χ2v) is 13.3. The highest BCUT2D eigenvalue weighted by atomic mass is 16.6. The van der Waals surface area contributed by atoms with Gasteiger partial charge in [-0.2, -0.15) is 5.10 Å². The Morgan fingerprint density at radius 3 is 2.36 bits per heavy atom. The number of aromatic amines is 1. The van der Waals surface area contributed by atoms with Gasteiger partial charge in [0.15, 0.2) is 5.65 Å². The number of amides is 2. The molecule has 2 saturated heterocycles. The number of H-pyrrole nitrogens is 1. The van der Waals surface area contributed by atoms with Crippen LogP contribution >= 0.6 is 0 Å². The Kier molecular flexibility index (Phi) is 9.01. The van der Waals surface area contributed by atoms with Gasteiger partial charge in [-0.05, 0) is 79.0 Å². The summed E-state index contributed by atoms with van der Waals surface area (Å²) in [5, 5.41) is 8.20. The first-order valence-corrected chi connectivity index (χ1v) is 15.6. The quantitative estimate of drug-likeness (QED) is 0.434. The molecule has 0 atom stereocenters. The molecular formula is C32H46N8O4. The molecule has 2 fully saturated rings. The van der Waals surface area contributed by atoms with Crippen LogP contribution in [0, 0.1) is 13.8 Å². The molecule has 2 N–H and O–H groups in total. The number of carbonyl (C=O) groups is 2. The van der Waals surface area contributed by atoms with Gasteiger partial charge >= 0.3 is 6.09 Å². The number of ether oxygens (including phenoxy) is 1. The topological polar surface area (TPSA) is 129 Å². The molecule has 2 amide bonds. The second kappa shape index (κ2) is 12.6. The Hall–Kier alpha value is -3.93. The predicted molar refractivity (Wildman–Crippen MR) is 170 cm³/mol. The van der Waals surface area contributed by atoms with Crippen LogP contribution in [0.15, 0.2) is 23.1 Å². The maximum absolute atomic E-state index is 13.6. The van der Waals surface area contributed by atoms with Crippen molar-refractivity contribution in [2.45, 2.75) is 85.5 Å². The smallest absolute Gasteiger partial charge is 0.410 e. The van der Waals surface area contributed by atoms with E-state index in [2.05, 4.69) is 25.2 Å². The molecule has 0 radical (unpaired) electrons. The summed E-state index contributed by atoms with van der Waals surface area (Å²) in [6.07, 6.45) is 3.39. The van der Waals surface area contributed by atoms with Crippen molar-refractivity contribution in [3.05, 3.63) is 51.1 Å². The highest BCUT2D eigenvalue weighted by molar-refractivity contribution is 6.06. The third kappa shape index (κ3) is 6.90. The Morgan fingerprint density at radius 1 is 1.07 bits per heavy atom. The zero-order valence-electron chi connectivity index (χ0n) is 27.1. The molecule has 2 aliphatic heterocycles. The lowest BCUT2D eigenvalue weighted by atomic mass is 10.0. The number of nitrogens with zero attached hydrogens (tertiary/aromatic N) is 6. The van der Waals surface area contributed by atoms with Gasteiger partial charge in [-0.1, -0.05) is 0 Å². The maximum Gasteiger partial charge on any atom is 0.410 e. The number of aromatic nitrogens is 4. The molecule has 0 spiro atoms. The zero-order valence-corrected chi connectivity index (χ0v) is 27.1. The first-order valence-electron chi connectivity index (χ1n) is 15.6. The lowest BCUT2D eigenvalue weighted by Crippen LogP contribution is -2.55. The van der Waals surface area contributed by atoms with Crippen molar-refractivity contribution >= 4 is 28.9 Å². The fourth-order valence-corrected chi connectivity index (χ4v) is 6.15. The number of hydrogen-bond acceptors (Lipinski definition) is 8. The molecule has 238 valence electrons. The lowest BCUT2D eigenvalue weighted by Gasteiger charge is -2.43. The molecule has 5 rings (SSSR count). The summed E-state index contributed by atoms with van der Waals surface area (Å²) in [7, 11) is 0. The van der Waals surface area contributed by atoms with Crippen molar-refractivity contribution < 1.29 is 14.3 Å². The van der Waals surface area contributed by atoms with Crippen molar-refractivity contribution in [3.63, 3.8) is 0 Å². The van der Waals surface area contributed by atoms with Crippen LogP contribution in [0.2, 0.25) is 0 Å². The Labute approximate surface area is 258 Å². The summed E-state index contributed by atoms with van der Waals surface area (Å²) in [6, 6.07) is 4.26. The van der Waals surface area contributed by atoms with Gasteiger partial charge in [0.25, 0.3) is 11.5 Å². The third-order valence-corrected chi connectivity index (χ3v) is 8.48. The molecule has 0 saturated carbocycles. The van der Waals surface area contributed by atoms with Crippen LogP contribution in [0.1, 0.15) is 80.7 Å². The van der Waals surface area contributed by atoms with E-state index in [-0.39, 0.29) is 30.1 Å². The monoisotopic (exact) mass is 606 g/mol. The third-order valence-electron chi connectivity index (χ3n) is 8.48. The van der Waals surface area contributed by atoms with E-state index in [1.807, 2.05) is 65.3 Å². The molecule has 0 unspecified atom stereocenters. The number of piperidine rings is 1. The van der Waals surface area contributed by atoms with Gasteiger partial charge in [0.1, 0.15) is 11.4 Å². The second-order valence-electron chi connectivity index (χ2n) is 13.3. The van der Waals surface area contributed by atoms with Gasteiger partial charge in [0.05, 0.1) is 17.1 Å². The summed E-state index contributed by atoms with van der Waals surface area (Å²) in [5.74, 6) is 0.488. The van der Waals surface area contributed by atoms with Gasteiger partial charge in [0.2, 0.25) is 0 Å². The Morgan fingerprint density at radius 2 is 1.75 bits per heavy atom. The first-order chi connectivity index (χ1) is 20.8. The molecular weight excluding hydrogens is 560 g/mol. The van der Waals surface area contributed by atoms with E-state index in [9.17, 15) is 14.4 Å². The average molecular weight is 607 g/mol. The number of hydrogen-bond donors (Lipinski definition) is 2. The molecule has 3 aromatic rings. The van der Waals surface area contributed by atoms with Gasteiger partial charge < -0.3 is 24.8 Å². The van der Waals surface area contributed by atoms with E-state index in [0.717, 1.165) is 56.1 Å². The number of piperazine rings is 1. The van der Waals surface area contributed by atoms with Crippen LogP contribution in [0.25, 0.3) is 11.0 Å². The van der Waals surface area contributed by atoms with Crippen LogP contribution < -0.4 is 15.8 Å². The first kappa shape index (κ1) is 31.5. The number of fused-ring (bicyclic) bond motifs is 1. The molecule has 2 aliphatic rings. The summed E-state index contributed by atoms with van der Waals surface area (Å²) < 4.78 is 7.40. The fourth-order valence-electron chi connectivity index (χ4n) is 6.15. The fraction of sp³-hybridized carbons (Fsp3) is 0.594. The minimum absolute atomic E-state index is 0.0741. The van der Waals surface area contributed by atoms with E-state index in [1.54, 1.807) is 11.1 Å². The van der Waals surface area contributed by atoms with Crippen LogP contribution in [0.5, 0.6) is 0 Å². The zero-order chi connectivity index (χ0) is 31.8. The van der Waals surface area contributed by atoms with E-state index < -0.39 is 5.60 Å². The van der Waals surface area contributed by atoms with E-state index in [1.165, 1.54) is 0 Å². The highest BCUT2D eigenvalue weighted by Gasteiger charge is 2.31. The normalized spacial score (nSPS) is 17.0. The summed E-state index contributed by atoms with van der Waals surface area (Å²) in [5.41, 5.74) is 2.66. The van der Waals surface area contributed by atoms with Crippen LogP contribution in [-0.4, -0.2) is 92.5 Å². The van der Waals surface area contributed by atoms with E-state index >= 15 is 0 Å². The number of pyridine rings is 2. The summed E-state index contributed by atoms with van der Waals surface area (Å²) in [6.45, 7) is 18.2. The van der Waals surface area contributed by atoms with Gasteiger partial charge in [-0.15, -0.1) is 0 Å². The molecule has 3 aromatic heterocycles. The van der Waals surface area contributed by atoms with Crippen molar-refractivity contribution in [3.8, 4) is 0 Å². The van der Waals surface area contributed by atoms with Gasteiger partial charge in [0, 0.05) is 69.2 Å². The highest BCUT2D eigenvalue weighted by Crippen LogP contribution is 2.28. The lowest BCUT2D eigenvalue weighted by molar-refractivity contribution is 0.00900. The Bertz CT molecular complexity index is 1570. The van der Waals surface area contributed by atoms with Gasteiger partial charge in [-0.25, -0.2) is 14.5 Å². The van der Waals surface area contributed by atoms with Crippen LogP contribution in [0.3, 0.4) is 0 Å². The minimum atomic E-state index is -0.495. The molecule has 12 heteroatoms. The minimum Gasteiger partial charge on any atom is -0.444 e. The van der Waals surface area contributed by atoms with Crippen molar-refractivity contribution in [2.24, 2.45) is 0 Å². The maximum atomic E-state index is 13.6. The summed E-state index contributed by atoms with van der Waals surface area (Å²) >= 11 is 0. The number of nitrogens with one attached hydrogen (secondary N) is 2. The van der Waals surface area contributed by atoms with Crippen LogP contribution in [0.4, 0.5) is 10.6 Å². The molecule has 12 nitrogen and oxygen atoms in total. The van der Waals surface area contributed by atoms with Crippen molar-refractivity contribution in [1.82, 2.24) is 34.9 Å². The largest absolute Gasteiger partial charge is 0.444 e. The number of carbonyl (C=O) groups excluding carboxylic acids is 2.